The fourth-order valence-electron chi connectivity index (χ4n) is 3.01. The number of hydrogen-bond acceptors (Lipinski definition) is 2. The zero-order valence-electron chi connectivity index (χ0n) is 14.1. The van der Waals surface area contributed by atoms with Crippen molar-refractivity contribution in [3.8, 4) is 0 Å². The summed E-state index contributed by atoms with van der Waals surface area (Å²) in [5.41, 5.74) is 3.21. The summed E-state index contributed by atoms with van der Waals surface area (Å²) in [6, 6.07) is 5.82. The van der Waals surface area contributed by atoms with E-state index in [4.69, 9.17) is 0 Å². The summed E-state index contributed by atoms with van der Waals surface area (Å²) in [5.74, 6) is 0.624. The average molecular weight is 302 g/mol. The first-order chi connectivity index (χ1) is 10.3. The minimum atomic E-state index is -0.354. The Hall–Kier alpha value is -1.84. The van der Waals surface area contributed by atoms with Crippen molar-refractivity contribution < 1.29 is 9.59 Å². The minimum absolute atomic E-state index is 0.0429. The van der Waals surface area contributed by atoms with Gasteiger partial charge in [-0.2, -0.15) is 0 Å². The zero-order valence-corrected chi connectivity index (χ0v) is 14.1. The quantitative estimate of drug-likeness (QED) is 0.925. The number of nitrogens with zero attached hydrogens (tertiary/aromatic N) is 1. The maximum atomic E-state index is 12.6. The topological polar surface area (TPSA) is 49.4 Å². The Kier molecular flexibility index (Phi) is 4.89. The number of likely N-dealkylation sites (tertiary alicyclic amines) is 1. The Morgan fingerprint density at radius 2 is 1.73 bits per heavy atom. The molecule has 0 radical (unpaired) electrons. The number of para-hydroxylation sites is 1. The van der Waals surface area contributed by atoms with Crippen LogP contribution in [0, 0.1) is 0 Å². The standard InChI is InChI=1S/C18H26N2O2/c1-11(2)13-7-6-8-14(12(3)4)17(13)19-18(22)15-9-10-16(21)20(15)5/h6-8,11-12,15H,9-10H2,1-5H3,(H,19,22). The smallest absolute Gasteiger partial charge is 0.247 e. The Morgan fingerprint density at radius 3 is 2.14 bits per heavy atom. The van der Waals surface area contributed by atoms with E-state index in [0.29, 0.717) is 24.7 Å². The molecule has 1 saturated heterocycles. The van der Waals surface area contributed by atoms with Gasteiger partial charge in [0.25, 0.3) is 0 Å². The molecule has 2 amide bonds. The van der Waals surface area contributed by atoms with Gasteiger partial charge in [-0.05, 0) is 29.4 Å². The Morgan fingerprint density at radius 1 is 1.18 bits per heavy atom. The first-order valence-electron chi connectivity index (χ1n) is 8.02. The van der Waals surface area contributed by atoms with E-state index in [-0.39, 0.29) is 17.9 Å². The molecule has 1 unspecified atom stereocenters. The molecule has 0 aromatic heterocycles. The molecule has 1 atom stereocenters. The highest BCUT2D eigenvalue weighted by atomic mass is 16.2. The molecule has 1 aromatic carbocycles. The molecular weight excluding hydrogens is 276 g/mol. The summed E-state index contributed by atoms with van der Waals surface area (Å²) in [5, 5.41) is 3.10. The molecule has 22 heavy (non-hydrogen) atoms. The summed E-state index contributed by atoms with van der Waals surface area (Å²) in [6.07, 6.45) is 1.06. The summed E-state index contributed by atoms with van der Waals surface area (Å²) >= 11 is 0. The average Bonchev–Trinajstić information content (AvgIpc) is 2.78. The van der Waals surface area contributed by atoms with E-state index < -0.39 is 0 Å². The number of anilines is 1. The maximum Gasteiger partial charge on any atom is 0.247 e. The highest BCUT2D eigenvalue weighted by molar-refractivity contribution is 6.00. The first kappa shape index (κ1) is 16.5. The molecule has 4 nitrogen and oxygen atoms in total. The number of nitrogens with one attached hydrogen (secondary N) is 1. The predicted octanol–water partition coefficient (Wildman–Crippen LogP) is 3.49. The summed E-state index contributed by atoms with van der Waals surface area (Å²) in [4.78, 5) is 25.8. The number of carbonyl (C=O) groups excluding carboxylic acids is 2. The number of rotatable bonds is 4. The number of carbonyl (C=O) groups is 2. The van der Waals surface area contributed by atoms with Crippen molar-refractivity contribution in [3.63, 3.8) is 0 Å². The molecule has 0 saturated carbocycles. The van der Waals surface area contributed by atoms with E-state index in [1.165, 1.54) is 0 Å². The van der Waals surface area contributed by atoms with E-state index in [2.05, 4.69) is 45.1 Å². The molecule has 1 heterocycles. The molecular formula is C18H26N2O2. The molecule has 0 aliphatic carbocycles. The van der Waals surface area contributed by atoms with E-state index in [1.807, 2.05) is 6.07 Å². The van der Waals surface area contributed by atoms with Crippen molar-refractivity contribution in [3.05, 3.63) is 29.3 Å². The van der Waals surface area contributed by atoms with Crippen molar-refractivity contribution in [2.45, 2.75) is 58.4 Å². The van der Waals surface area contributed by atoms with Gasteiger partial charge in [0.15, 0.2) is 0 Å². The lowest BCUT2D eigenvalue weighted by molar-refractivity contribution is -0.131. The Labute approximate surface area is 132 Å². The third-order valence-corrected chi connectivity index (χ3v) is 4.42. The van der Waals surface area contributed by atoms with Crippen molar-refractivity contribution in [2.24, 2.45) is 0 Å². The second kappa shape index (κ2) is 6.51. The van der Waals surface area contributed by atoms with Gasteiger partial charge in [-0.25, -0.2) is 0 Å². The van der Waals surface area contributed by atoms with Gasteiger partial charge in [-0.15, -0.1) is 0 Å². The van der Waals surface area contributed by atoms with Crippen LogP contribution in [0.3, 0.4) is 0 Å². The molecule has 1 aliphatic rings. The molecule has 120 valence electrons. The van der Waals surface area contributed by atoms with Crippen LogP contribution in [0.5, 0.6) is 0 Å². The highest BCUT2D eigenvalue weighted by Gasteiger charge is 2.33. The fourth-order valence-corrected chi connectivity index (χ4v) is 3.01. The van der Waals surface area contributed by atoms with Crippen LogP contribution in [0.4, 0.5) is 5.69 Å². The Balaban J connectivity index is 2.32. The number of likely N-dealkylation sites (N-methyl/N-ethyl adjacent to an activating group) is 1. The summed E-state index contributed by atoms with van der Waals surface area (Å²) < 4.78 is 0. The van der Waals surface area contributed by atoms with Gasteiger partial charge in [0.1, 0.15) is 6.04 Å². The van der Waals surface area contributed by atoms with Crippen molar-refractivity contribution in [2.75, 3.05) is 12.4 Å². The summed E-state index contributed by atoms with van der Waals surface area (Å²) in [6.45, 7) is 8.50. The lowest BCUT2D eigenvalue weighted by Crippen LogP contribution is -2.39. The Bertz CT molecular complexity index is 552. The van der Waals surface area contributed by atoms with E-state index in [1.54, 1.807) is 11.9 Å². The van der Waals surface area contributed by atoms with E-state index in [9.17, 15) is 9.59 Å². The van der Waals surface area contributed by atoms with Crippen LogP contribution >= 0.6 is 0 Å². The minimum Gasteiger partial charge on any atom is -0.334 e. The van der Waals surface area contributed by atoms with Crippen LogP contribution in [0.2, 0.25) is 0 Å². The first-order valence-corrected chi connectivity index (χ1v) is 8.02. The van der Waals surface area contributed by atoms with Crippen LogP contribution < -0.4 is 5.32 Å². The van der Waals surface area contributed by atoms with Gasteiger partial charge >= 0.3 is 0 Å². The highest BCUT2D eigenvalue weighted by Crippen LogP contribution is 2.33. The number of benzene rings is 1. The second-order valence-electron chi connectivity index (χ2n) is 6.67. The zero-order chi connectivity index (χ0) is 16.4. The molecule has 4 heteroatoms. The van der Waals surface area contributed by atoms with E-state index in [0.717, 1.165) is 16.8 Å². The molecule has 0 bridgehead atoms. The van der Waals surface area contributed by atoms with Gasteiger partial charge < -0.3 is 10.2 Å². The predicted molar refractivity (Wildman–Crippen MR) is 89.0 cm³/mol. The lowest BCUT2D eigenvalue weighted by atomic mass is 9.92. The summed E-state index contributed by atoms with van der Waals surface area (Å²) in [7, 11) is 1.71. The third-order valence-electron chi connectivity index (χ3n) is 4.42. The lowest BCUT2D eigenvalue weighted by Gasteiger charge is -2.24. The van der Waals surface area contributed by atoms with Gasteiger partial charge in [-0.3, -0.25) is 9.59 Å². The second-order valence-corrected chi connectivity index (χ2v) is 6.67. The number of hydrogen-bond donors (Lipinski definition) is 1. The van der Waals surface area contributed by atoms with Crippen molar-refractivity contribution in [1.82, 2.24) is 4.90 Å². The van der Waals surface area contributed by atoms with Gasteiger partial charge in [0, 0.05) is 19.2 Å². The van der Waals surface area contributed by atoms with E-state index >= 15 is 0 Å². The molecule has 1 N–H and O–H groups in total. The maximum absolute atomic E-state index is 12.6. The monoisotopic (exact) mass is 302 g/mol. The van der Waals surface area contributed by atoms with Crippen LogP contribution in [0.15, 0.2) is 18.2 Å². The van der Waals surface area contributed by atoms with Crippen LogP contribution in [0.1, 0.15) is 63.5 Å². The van der Waals surface area contributed by atoms with Crippen LogP contribution in [-0.4, -0.2) is 29.8 Å². The fraction of sp³-hybridized carbons (Fsp3) is 0.556. The molecule has 0 spiro atoms. The molecule has 1 aromatic rings. The molecule has 1 aliphatic heterocycles. The van der Waals surface area contributed by atoms with Gasteiger partial charge in [-0.1, -0.05) is 45.9 Å². The van der Waals surface area contributed by atoms with Crippen LogP contribution in [-0.2, 0) is 9.59 Å². The SMILES string of the molecule is CC(C)c1cccc(C(C)C)c1NC(=O)C1CCC(=O)N1C. The van der Waals surface area contributed by atoms with Crippen LogP contribution in [0.25, 0.3) is 0 Å². The van der Waals surface area contributed by atoms with Crippen molar-refractivity contribution in [1.29, 1.82) is 0 Å². The molecule has 1 fully saturated rings. The van der Waals surface area contributed by atoms with Crippen molar-refractivity contribution >= 4 is 17.5 Å². The number of amides is 2. The van der Waals surface area contributed by atoms with Gasteiger partial charge in [0.05, 0.1) is 0 Å². The third kappa shape index (κ3) is 3.16. The molecule has 2 rings (SSSR count). The largest absolute Gasteiger partial charge is 0.334 e. The van der Waals surface area contributed by atoms with Gasteiger partial charge in [0.2, 0.25) is 11.8 Å². The normalized spacial score (nSPS) is 18.4.